The van der Waals surface area contributed by atoms with Gasteiger partial charge in [0, 0.05) is 14.2 Å². The van der Waals surface area contributed by atoms with Crippen LogP contribution >= 0.6 is 7.60 Å². The summed E-state index contributed by atoms with van der Waals surface area (Å²) in [5.74, 6) is -0.783. The van der Waals surface area contributed by atoms with Crippen molar-refractivity contribution in [3.05, 3.63) is 11.9 Å². The Kier molecular flexibility index (Phi) is 4.71. The quantitative estimate of drug-likeness (QED) is 0.426. The topological polar surface area (TPSA) is 61.8 Å². The van der Waals surface area contributed by atoms with Crippen molar-refractivity contribution in [3.8, 4) is 0 Å². The first-order chi connectivity index (χ1) is 6.66. The van der Waals surface area contributed by atoms with Crippen LogP contribution in [0.25, 0.3) is 0 Å². The van der Waals surface area contributed by atoms with Gasteiger partial charge >= 0.3 is 13.6 Å². The first-order valence-corrected chi connectivity index (χ1v) is 5.85. The van der Waals surface area contributed by atoms with Crippen molar-refractivity contribution >= 4 is 13.6 Å². The van der Waals surface area contributed by atoms with Gasteiger partial charge in [-0.2, -0.15) is 0 Å². The van der Waals surface area contributed by atoms with Crippen LogP contribution in [0.1, 0.15) is 20.8 Å². The highest BCUT2D eigenvalue weighted by molar-refractivity contribution is 7.59. The van der Waals surface area contributed by atoms with Crippen LogP contribution in [0.4, 0.5) is 0 Å². The molecule has 0 bridgehead atoms. The molecule has 0 saturated heterocycles. The lowest BCUT2D eigenvalue weighted by atomic mass is 10.2. The van der Waals surface area contributed by atoms with E-state index in [0.717, 1.165) is 0 Å². The minimum atomic E-state index is -3.58. The summed E-state index contributed by atoms with van der Waals surface area (Å²) in [6.07, 6.45) is 0. The third-order valence-corrected chi connectivity index (χ3v) is 3.25. The lowest BCUT2D eigenvalue weighted by Gasteiger charge is -2.22. The molecule has 0 radical (unpaired) electrons. The van der Waals surface area contributed by atoms with Gasteiger partial charge in [-0.25, -0.2) is 4.79 Å². The number of esters is 1. The van der Waals surface area contributed by atoms with E-state index in [1.165, 1.54) is 14.2 Å². The average molecular weight is 236 g/mol. The van der Waals surface area contributed by atoms with Gasteiger partial charge in [0.25, 0.3) is 0 Å². The van der Waals surface area contributed by atoms with Crippen LogP contribution in [0.3, 0.4) is 0 Å². The molecule has 88 valence electrons. The molecule has 0 atom stereocenters. The van der Waals surface area contributed by atoms with E-state index in [2.05, 4.69) is 15.6 Å². The van der Waals surface area contributed by atoms with Gasteiger partial charge in [-0.05, 0) is 20.8 Å². The van der Waals surface area contributed by atoms with Crippen LogP contribution in [0.5, 0.6) is 0 Å². The van der Waals surface area contributed by atoms with E-state index in [-0.39, 0.29) is 5.31 Å². The third kappa shape index (κ3) is 4.16. The standard InChI is InChI=1S/C9H17O5P/c1-7(15(11,12-5)13-6)8(10)14-9(2,3)4/h1H2,2-6H3. The fraction of sp³-hybridized carbons (Fsp3) is 0.667. The second kappa shape index (κ2) is 4.92. The van der Waals surface area contributed by atoms with Crippen LogP contribution < -0.4 is 0 Å². The summed E-state index contributed by atoms with van der Waals surface area (Å²) in [7, 11) is -1.22. The fourth-order valence-electron chi connectivity index (χ4n) is 0.744. The van der Waals surface area contributed by atoms with Gasteiger partial charge < -0.3 is 13.8 Å². The molecule has 0 aromatic carbocycles. The smallest absolute Gasteiger partial charge is 0.367 e. The molecular weight excluding hydrogens is 219 g/mol. The normalized spacial score (nSPS) is 12.3. The molecule has 0 rings (SSSR count). The molecule has 6 heteroatoms. The van der Waals surface area contributed by atoms with Crippen LogP contribution in [0.2, 0.25) is 0 Å². The number of carbonyl (C=O) groups excluding carboxylic acids is 1. The zero-order valence-electron chi connectivity index (χ0n) is 9.70. The van der Waals surface area contributed by atoms with Crippen molar-refractivity contribution in [3.63, 3.8) is 0 Å². The van der Waals surface area contributed by atoms with E-state index in [9.17, 15) is 9.36 Å². The predicted molar refractivity (Wildman–Crippen MR) is 56.6 cm³/mol. The number of hydrogen-bond donors (Lipinski definition) is 0. The number of hydrogen-bond acceptors (Lipinski definition) is 5. The summed E-state index contributed by atoms with van der Waals surface area (Å²) in [6, 6.07) is 0. The van der Waals surface area contributed by atoms with Crippen molar-refractivity contribution in [1.82, 2.24) is 0 Å². The summed E-state index contributed by atoms with van der Waals surface area (Å²) in [6.45, 7) is 8.46. The van der Waals surface area contributed by atoms with Crippen LogP contribution in [0, 0.1) is 0 Å². The minimum Gasteiger partial charge on any atom is -0.456 e. The Labute approximate surface area is 89.9 Å². The Hall–Kier alpha value is -0.640. The second-order valence-electron chi connectivity index (χ2n) is 3.81. The van der Waals surface area contributed by atoms with Crippen LogP contribution in [0.15, 0.2) is 11.9 Å². The van der Waals surface area contributed by atoms with Crippen molar-refractivity contribution < 1.29 is 23.1 Å². The van der Waals surface area contributed by atoms with Crippen LogP contribution in [-0.2, 0) is 23.1 Å². The molecule has 0 amide bonds. The van der Waals surface area contributed by atoms with E-state index >= 15 is 0 Å². The molecule has 0 aromatic heterocycles. The summed E-state index contributed by atoms with van der Waals surface area (Å²) in [5, 5.41) is -0.303. The molecule has 15 heavy (non-hydrogen) atoms. The zero-order chi connectivity index (χ0) is 12.3. The van der Waals surface area contributed by atoms with E-state index in [1.807, 2.05) is 0 Å². The Morgan fingerprint density at radius 3 is 1.87 bits per heavy atom. The molecule has 0 saturated carbocycles. The van der Waals surface area contributed by atoms with E-state index in [0.29, 0.717) is 0 Å². The molecule has 0 aliphatic carbocycles. The van der Waals surface area contributed by atoms with Crippen LogP contribution in [-0.4, -0.2) is 25.8 Å². The molecule has 0 aliphatic heterocycles. The van der Waals surface area contributed by atoms with Gasteiger partial charge in [-0.3, -0.25) is 4.57 Å². The van der Waals surface area contributed by atoms with Gasteiger partial charge in [-0.15, -0.1) is 0 Å². The number of rotatable bonds is 4. The number of carbonyl (C=O) groups is 1. The average Bonchev–Trinajstić information content (AvgIpc) is 2.12. The Bertz CT molecular complexity index is 294. The minimum absolute atomic E-state index is 0.303. The van der Waals surface area contributed by atoms with Crippen molar-refractivity contribution in [1.29, 1.82) is 0 Å². The van der Waals surface area contributed by atoms with E-state index in [1.54, 1.807) is 20.8 Å². The molecule has 0 unspecified atom stereocenters. The molecule has 0 heterocycles. The first kappa shape index (κ1) is 14.4. The highest BCUT2D eigenvalue weighted by atomic mass is 31.2. The summed E-state index contributed by atoms with van der Waals surface area (Å²) in [4.78, 5) is 11.5. The molecule has 0 spiro atoms. The fourth-order valence-corrected chi connectivity index (χ4v) is 1.60. The summed E-state index contributed by atoms with van der Waals surface area (Å²) in [5.41, 5.74) is -0.674. The SMILES string of the molecule is C=C(C(=O)OC(C)(C)C)P(=O)(OC)OC. The van der Waals surface area contributed by atoms with Gasteiger partial charge in [0.2, 0.25) is 0 Å². The predicted octanol–water partition coefficient (Wildman–Crippen LogP) is 2.33. The molecular formula is C9H17O5P. The molecule has 0 aromatic rings. The van der Waals surface area contributed by atoms with Gasteiger partial charge in [0.15, 0.2) is 0 Å². The monoisotopic (exact) mass is 236 g/mol. The molecule has 0 fully saturated rings. The maximum absolute atomic E-state index is 11.7. The Morgan fingerprint density at radius 2 is 1.60 bits per heavy atom. The Balaban J connectivity index is 4.73. The Morgan fingerprint density at radius 1 is 1.20 bits per heavy atom. The molecule has 0 N–H and O–H groups in total. The molecule has 5 nitrogen and oxygen atoms in total. The molecule has 0 aliphatic rings. The maximum Gasteiger partial charge on any atom is 0.367 e. The van der Waals surface area contributed by atoms with Gasteiger partial charge in [0.05, 0.1) is 0 Å². The second-order valence-corrected chi connectivity index (χ2v) is 6.08. The van der Waals surface area contributed by atoms with Gasteiger partial charge in [-0.1, -0.05) is 6.58 Å². The van der Waals surface area contributed by atoms with Crippen molar-refractivity contribution in [2.75, 3.05) is 14.2 Å². The third-order valence-electron chi connectivity index (χ3n) is 1.45. The number of ether oxygens (including phenoxy) is 1. The van der Waals surface area contributed by atoms with E-state index < -0.39 is 19.2 Å². The van der Waals surface area contributed by atoms with Crippen molar-refractivity contribution in [2.45, 2.75) is 26.4 Å². The van der Waals surface area contributed by atoms with Gasteiger partial charge in [0.1, 0.15) is 10.9 Å². The summed E-state index contributed by atoms with van der Waals surface area (Å²) < 4.78 is 25.9. The highest BCUT2D eigenvalue weighted by Crippen LogP contribution is 2.54. The largest absolute Gasteiger partial charge is 0.456 e. The summed E-state index contributed by atoms with van der Waals surface area (Å²) >= 11 is 0. The highest BCUT2D eigenvalue weighted by Gasteiger charge is 2.34. The van der Waals surface area contributed by atoms with Crippen molar-refractivity contribution in [2.24, 2.45) is 0 Å². The maximum atomic E-state index is 11.7. The lowest BCUT2D eigenvalue weighted by molar-refractivity contribution is -0.149. The zero-order valence-corrected chi connectivity index (χ0v) is 10.6. The lowest BCUT2D eigenvalue weighted by Crippen LogP contribution is -2.24. The first-order valence-electron chi connectivity index (χ1n) is 4.30. The van der Waals surface area contributed by atoms with E-state index in [4.69, 9.17) is 4.74 Å².